The molecule has 0 heterocycles. The topological polar surface area (TPSA) is 61.8 Å². The summed E-state index contributed by atoms with van der Waals surface area (Å²) in [7, 11) is 3.05. The van der Waals surface area contributed by atoms with Crippen molar-refractivity contribution in [2.75, 3.05) is 14.2 Å². The van der Waals surface area contributed by atoms with E-state index in [-0.39, 0.29) is 5.78 Å². The van der Waals surface area contributed by atoms with Crippen LogP contribution in [0.1, 0.15) is 26.3 Å². The van der Waals surface area contributed by atoms with E-state index >= 15 is 0 Å². The van der Waals surface area contributed by atoms with Gasteiger partial charge in [0.05, 0.1) is 25.3 Å². The summed E-state index contributed by atoms with van der Waals surface area (Å²) < 4.78 is 16.5. The maximum atomic E-state index is 12.6. The number of methoxy groups -OCH3 is 2. The smallest absolute Gasteiger partial charge is 0.344 e. The fourth-order valence-electron chi connectivity index (χ4n) is 2.73. The predicted octanol–water partition coefficient (Wildman–Crippen LogP) is 5.58. The highest BCUT2D eigenvalue weighted by Gasteiger charge is 2.13. The van der Waals surface area contributed by atoms with Crippen LogP contribution in [0.3, 0.4) is 0 Å². The van der Waals surface area contributed by atoms with Gasteiger partial charge in [0.2, 0.25) is 0 Å². The minimum absolute atomic E-state index is 0.217. The number of benzene rings is 3. The fraction of sp³-hybridized carbons (Fsp3) is 0.0833. The van der Waals surface area contributed by atoms with Crippen LogP contribution < -0.4 is 14.2 Å². The first kappa shape index (κ1) is 21.3. The fourth-order valence-corrected chi connectivity index (χ4v) is 3.18. The standard InChI is InChI=1S/C24H19BrO5/c1-28-17-11-12-20(23(15-17)29-2)22(26)13-10-16-6-5-7-18(14-16)30-24(27)19-8-3-4-9-21(19)25/h3-15H,1-2H3/b13-10+. The van der Waals surface area contributed by atoms with Crippen molar-refractivity contribution in [3.05, 3.63) is 94.0 Å². The van der Waals surface area contributed by atoms with E-state index < -0.39 is 5.97 Å². The molecule has 0 saturated heterocycles. The SMILES string of the molecule is COc1ccc(C(=O)/C=C/c2cccc(OC(=O)c3ccccc3Br)c2)c(OC)c1. The molecule has 0 fully saturated rings. The van der Waals surface area contributed by atoms with Gasteiger partial charge in [-0.15, -0.1) is 0 Å². The molecule has 0 unspecified atom stereocenters. The molecule has 3 aromatic rings. The molecule has 0 radical (unpaired) electrons. The molecule has 152 valence electrons. The summed E-state index contributed by atoms with van der Waals surface area (Å²) in [5.74, 6) is 0.729. The van der Waals surface area contributed by atoms with Gasteiger partial charge in [0.25, 0.3) is 0 Å². The summed E-state index contributed by atoms with van der Waals surface area (Å²) in [5.41, 5.74) is 1.57. The Kier molecular flexibility index (Phi) is 7.03. The first-order chi connectivity index (χ1) is 14.5. The Labute approximate surface area is 183 Å². The summed E-state index contributed by atoms with van der Waals surface area (Å²) in [6.07, 6.45) is 3.10. The second kappa shape index (κ2) is 9.89. The molecule has 0 aliphatic heterocycles. The zero-order chi connectivity index (χ0) is 21.5. The Morgan fingerprint density at radius 3 is 2.37 bits per heavy atom. The van der Waals surface area contributed by atoms with E-state index in [1.165, 1.54) is 13.2 Å². The van der Waals surface area contributed by atoms with E-state index in [1.807, 2.05) is 12.1 Å². The third-order valence-electron chi connectivity index (χ3n) is 4.26. The lowest BCUT2D eigenvalue weighted by Gasteiger charge is -2.08. The highest BCUT2D eigenvalue weighted by molar-refractivity contribution is 9.10. The third-order valence-corrected chi connectivity index (χ3v) is 4.96. The largest absolute Gasteiger partial charge is 0.497 e. The zero-order valence-corrected chi connectivity index (χ0v) is 18.0. The highest BCUT2D eigenvalue weighted by atomic mass is 79.9. The third kappa shape index (κ3) is 5.15. The second-order valence-electron chi connectivity index (χ2n) is 6.21. The molecule has 0 spiro atoms. The van der Waals surface area contributed by atoms with Crippen LogP contribution in [0.2, 0.25) is 0 Å². The Morgan fingerprint density at radius 2 is 1.63 bits per heavy atom. The lowest BCUT2D eigenvalue weighted by Crippen LogP contribution is -2.09. The van der Waals surface area contributed by atoms with Crippen molar-refractivity contribution in [2.45, 2.75) is 0 Å². The van der Waals surface area contributed by atoms with E-state index in [1.54, 1.807) is 67.8 Å². The second-order valence-corrected chi connectivity index (χ2v) is 7.06. The van der Waals surface area contributed by atoms with Crippen molar-refractivity contribution in [2.24, 2.45) is 0 Å². The Hall–Kier alpha value is -3.38. The van der Waals surface area contributed by atoms with Gasteiger partial charge in [0, 0.05) is 10.5 Å². The number of ether oxygens (including phenoxy) is 3. The van der Waals surface area contributed by atoms with Crippen LogP contribution in [-0.4, -0.2) is 26.0 Å². The molecular weight excluding hydrogens is 448 g/mol. The van der Waals surface area contributed by atoms with Crippen molar-refractivity contribution in [3.63, 3.8) is 0 Å². The minimum Gasteiger partial charge on any atom is -0.497 e. The predicted molar refractivity (Wildman–Crippen MR) is 118 cm³/mol. The van der Waals surface area contributed by atoms with E-state index in [0.717, 1.165) is 0 Å². The molecule has 0 amide bonds. The number of esters is 1. The number of hydrogen-bond acceptors (Lipinski definition) is 5. The summed E-state index contributed by atoms with van der Waals surface area (Å²) in [6, 6.07) is 19.0. The summed E-state index contributed by atoms with van der Waals surface area (Å²) in [6.45, 7) is 0. The first-order valence-corrected chi connectivity index (χ1v) is 9.82. The van der Waals surface area contributed by atoms with Gasteiger partial charge < -0.3 is 14.2 Å². The van der Waals surface area contributed by atoms with Gasteiger partial charge in [-0.25, -0.2) is 4.79 Å². The van der Waals surface area contributed by atoms with Crippen molar-refractivity contribution in [1.29, 1.82) is 0 Å². The maximum absolute atomic E-state index is 12.6. The normalized spacial score (nSPS) is 10.6. The highest BCUT2D eigenvalue weighted by Crippen LogP contribution is 2.26. The van der Waals surface area contributed by atoms with Gasteiger partial charge >= 0.3 is 5.97 Å². The van der Waals surface area contributed by atoms with Gasteiger partial charge in [-0.2, -0.15) is 0 Å². The number of ketones is 1. The molecule has 5 nitrogen and oxygen atoms in total. The number of hydrogen-bond donors (Lipinski definition) is 0. The summed E-state index contributed by atoms with van der Waals surface area (Å²) >= 11 is 3.34. The van der Waals surface area contributed by atoms with Crippen LogP contribution in [0.25, 0.3) is 6.08 Å². The van der Waals surface area contributed by atoms with Crippen LogP contribution >= 0.6 is 15.9 Å². The maximum Gasteiger partial charge on any atom is 0.344 e. The van der Waals surface area contributed by atoms with Crippen LogP contribution in [0.4, 0.5) is 0 Å². The van der Waals surface area contributed by atoms with E-state index in [0.29, 0.717) is 38.4 Å². The minimum atomic E-state index is -0.470. The van der Waals surface area contributed by atoms with Crippen molar-refractivity contribution in [3.8, 4) is 17.2 Å². The Balaban J connectivity index is 1.75. The van der Waals surface area contributed by atoms with E-state index in [9.17, 15) is 9.59 Å². The van der Waals surface area contributed by atoms with E-state index in [2.05, 4.69) is 15.9 Å². The van der Waals surface area contributed by atoms with Crippen molar-refractivity contribution >= 4 is 33.8 Å². The van der Waals surface area contributed by atoms with Gasteiger partial charge in [-0.05, 0) is 64.0 Å². The molecule has 3 aromatic carbocycles. The van der Waals surface area contributed by atoms with E-state index in [4.69, 9.17) is 14.2 Å². The molecule has 0 aliphatic carbocycles. The summed E-state index contributed by atoms with van der Waals surface area (Å²) in [4.78, 5) is 25.0. The van der Waals surface area contributed by atoms with Crippen LogP contribution in [0.5, 0.6) is 17.2 Å². The van der Waals surface area contributed by atoms with Gasteiger partial charge in [-0.1, -0.05) is 30.3 Å². The number of allylic oxidation sites excluding steroid dienone is 1. The first-order valence-electron chi connectivity index (χ1n) is 9.03. The lowest BCUT2D eigenvalue weighted by molar-refractivity contribution is 0.0733. The average Bonchev–Trinajstić information content (AvgIpc) is 2.77. The van der Waals surface area contributed by atoms with Crippen LogP contribution in [0, 0.1) is 0 Å². The quantitative estimate of drug-likeness (QED) is 0.197. The zero-order valence-electron chi connectivity index (χ0n) is 16.4. The molecule has 0 aliphatic rings. The molecule has 0 bridgehead atoms. The Morgan fingerprint density at radius 1 is 0.833 bits per heavy atom. The molecular formula is C24H19BrO5. The van der Waals surface area contributed by atoms with Gasteiger partial charge in [0.1, 0.15) is 17.2 Å². The average molecular weight is 467 g/mol. The van der Waals surface area contributed by atoms with Gasteiger partial charge in [0.15, 0.2) is 5.78 Å². The molecule has 30 heavy (non-hydrogen) atoms. The number of rotatable bonds is 7. The molecule has 3 rings (SSSR count). The molecule has 0 atom stereocenters. The number of carbonyl (C=O) groups excluding carboxylic acids is 2. The van der Waals surface area contributed by atoms with Crippen molar-refractivity contribution in [1.82, 2.24) is 0 Å². The monoisotopic (exact) mass is 466 g/mol. The van der Waals surface area contributed by atoms with Crippen LogP contribution in [0.15, 0.2) is 77.3 Å². The summed E-state index contributed by atoms with van der Waals surface area (Å²) in [5, 5.41) is 0. The van der Waals surface area contributed by atoms with Gasteiger partial charge in [-0.3, -0.25) is 4.79 Å². The molecule has 0 N–H and O–H groups in total. The van der Waals surface area contributed by atoms with Crippen LogP contribution in [-0.2, 0) is 0 Å². The Bertz CT molecular complexity index is 1100. The number of halogens is 1. The number of carbonyl (C=O) groups is 2. The van der Waals surface area contributed by atoms with Crippen molar-refractivity contribution < 1.29 is 23.8 Å². The lowest BCUT2D eigenvalue weighted by atomic mass is 10.1. The molecule has 6 heteroatoms. The molecule has 0 aromatic heterocycles. The molecule has 0 saturated carbocycles.